The molecular formula is C14H20N2O. The number of amides is 1. The molecule has 0 aliphatic carbocycles. The Balaban J connectivity index is 2.19. The summed E-state index contributed by atoms with van der Waals surface area (Å²) >= 11 is 0. The molecule has 1 heterocycles. The van der Waals surface area contributed by atoms with Gasteiger partial charge >= 0.3 is 0 Å². The summed E-state index contributed by atoms with van der Waals surface area (Å²) < 4.78 is 0. The number of benzene rings is 1. The maximum atomic E-state index is 12.1. The average Bonchev–Trinajstić information content (AvgIpc) is 2.23. The molecule has 1 aromatic carbocycles. The molecule has 0 atom stereocenters. The minimum absolute atomic E-state index is 0.0711. The minimum atomic E-state index is 0.0711. The van der Waals surface area contributed by atoms with Crippen LogP contribution >= 0.6 is 0 Å². The van der Waals surface area contributed by atoms with Crippen molar-refractivity contribution in [1.82, 2.24) is 4.90 Å². The molecule has 17 heavy (non-hydrogen) atoms. The monoisotopic (exact) mass is 232 g/mol. The van der Waals surface area contributed by atoms with Crippen molar-refractivity contribution < 1.29 is 4.79 Å². The van der Waals surface area contributed by atoms with Gasteiger partial charge in [-0.05, 0) is 23.1 Å². The standard InChI is InChI=1S/C14H20N2O/c1-14(2,3)11-6-4-5-10(7-11)13(17)16-8-12(15)9-16/h4-7,12H,8-9,15H2,1-3H3. The summed E-state index contributed by atoms with van der Waals surface area (Å²) in [5, 5.41) is 0. The molecule has 1 amide bonds. The van der Waals surface area contributed by atoms with E-state index in [0.717, 1.165) is 5.56 Å². The lowest BCUT2D eigenvalue weighted by atomic mass is 9.86. The van der Waals surface area contributed by atoms with Crippen molar-refractivity contribution >= 4 is 5.91 Å². The molecule has 1 aromatic rings. The molecular weight excluding hydrogens is 212 g/mol. The van der Waals surface area contributed by atoms with E-state index in [-0.39, 0.29) is 17.4 Å². The van der Waals surface area contributed by atoms with Gasteiger partial charge in [0, 0.05) is 24.7 Å². The Bertz CT molecular complexity index is 428. The maximum absolute atomic E-state index is 12.1. The molecule has 2 rings (SSSR count). The van der Waals surface area contributed by atoms with Crippen molar-refractivity contribution in [3.05, 3.63) is 35.4 Å². The molecule has 3 heteroatoms. The van der Waals surface area contributed by atoms with Gasteiger partial charge in [0.15, 0.2) is 0 Å². The number of hydrogen-bond acceptors (Lipinski definition) is 2. The number of nitrogens with zero attached hydrogens (tertiary/aromatic N) is 1. The van der Waals surface area contributed by atoms with Crippen LogP contribution in [-0.2, 0) is 5.41 Å². The summed E-state index contributed by atoms with van der Waals surface area (Å²) in [4.78, 5) is 13.9. The molecule has 1 aliphatic rings. The fourth-order valence-electron chi connectivity index (χ4n) is 1.98. The predicted molar refractivity (Wildman–Crippen MR) is 69.0 cm³/mol. The zero-order valence-electron chi connectivity index (χ0n) is 10.7. The molecule has 0 radical (unpaired) electrons. The Hall–Kier alpha value is -1.35. The van der Waals surface area contributed by atoms with E-state index in [2.05, 4.69) is 26.8 Å². The summed E-state index contributed by atoms with van der Waals surface area (Å²) in [6, 6.07) is 8.05. The van der Waals surface area contributed by atoms with Crippen LogP contribution in [0.25, 0.3) is 0 Å². The number of carbonyl (C=O) groups excluding carboxylic acids is 1. The van der Waals surface area contributed by atoms with Crippen molar-refractivity contribution in [3.8, 4) is 0 Å². The second-order valence-electron chi connectivity index (χ2n) is 5.80. The molecule has 1 fully saturated rings. The highest BCUT2D eigenvalue weighted by atomic mass is 16.2. The Labute approximate surface area is 103 Å². The van der Waals surface area contributed by atoms with Crippen molar-refractivity contribution in [1.29, 1.82) is 0 Å². The fraction of sp³-hybridized carbons (Fsp3) is 0.500. The summed E-state index contributed by atoms with van der Waals surface area (Å²) in [6.45, 7) is 7.81. The van der Waals surface area contributed by atoms with E-state index < -0.39 is 0 Å². The first kappa shape index (κ1) is 12.1. The minimum Gasteiger partial charge on any atom is -0.335 e. The molecule has 0 bridgehead atoms. The topological polar surface area (TPSA) is 46.3 Å². The SMILES string of the molecule is CC(C)(C)c1cccc(C(=O)N2CC(N)C2)c1. The van der Waals surface area contributed by atoms with E-state index in [1.54, 1.807) is 4.90 Å². The van der Waals surface area contributed by atoms with Crippen LogP contribution in [0.4, 0.5) is 0 Å². The maximum Gasteiger partial charge on any atom is 0.253 e. The lowest BCUT2D eigenvalue weighted by Crippen LogP contribution is -2.57. The number of nitrogens with two attached hydrogens (primary N) is 1. The summed E-state index contributed by atoms with van der Waals surface area (Å²) in [5.74, 6) is 0.0952. The second-order valence-corrected chi connectivity index (χ2v) is 5.80. The van der Waals surface area contributed by atoms with E-state index in [1.807, 2.05) is 18.2 Å². The number of hydrogen-bond donors (Lipinski definition) is 1. The molecule has 2 N–H and O–H groups in total. The zero-order valence-corrected chi connectivity index (χ0v) is 10.7. The van der Waals surface area contributed by atoms with Crippen LogP contribution in [-0.4, -0.2) is 29.9 Å². The Kier molecular flexibility index (Phi) is 2.96. The lowest BCUT2D eigenvalue weighted by molar-refractivity contribution is 0.0608. The Morgan fingerprint density at radius 2 is 2.00 bits per heavy atom. The van der Waals surface area contributed by atoms with Gasteiger partial charge in [0.05, 0.1) is 0 Å². The van der Waals surface area contributed by atoms with Gasteiger partial charge in [-0.15, -0.1) is 0 Å². The van der Waals surface area contributed by atoms with Crippen molar-refractivity contribution in [2.24, 2.45) is 5.73 Å². The van der Waals surface area contributed by atoms with Gasteiger partial charge in [0.2, 0.25) is 0 Å². The van der Waals surface area contributed by atoms with E-state index in [1.165, 1.54) is 5.56 Å². The molecule has 0 spiro atoms. The first-order valence-corrected chi connectivity index (χ1v) is 6.03. The summed E-state index contributed by atoms with van der Waals surface area (Å²) in [7, 11) is 0. The lowest BCUT2D eigenvalue weighted by Gasteiger charge is -2.37. The third-order valence-corrected chi connectivity index (χ3v) is 3.17. The highest BCUT2D eigenvalue weighted by molar-refractivity contribution is 5.95. The van der Waals surface area contributed by atoms with Crippen LogP contribution in [0.3, 0.4) is 0 Å². The number of likely N-dealkylation sites (tertiary alicyclic amines) is 1. The van der Waals surface area contributed by atoms with Crippen LogP contribution < -0.4 is 5.73 Å². The summed E-state index contributed by atoms with van der Waals surface area (Å²) in [5.41, 5.74) is 7.72. The molecule has 0 saturated carbocycles. The van der Waals surface area contributed by atoms with Crippen LogP contribution in [0, 0.1) is 0 Å². The van der Waals surface area contributed by atoms with Crippen LogP contribution in [0.5, 0.6) is 0 Å². The van der Waals surface area contributed by atoms with Gasteiger partial charge in [-0.25, -0.2) is 0 Å². The van der Waals surface area contributed by atoms with Crippen molar-refractivity contribution in [2.45, 2.75) is 32.2 Å². The Morgan fingerprint density at radius 3 is 2.53 bits per heavy atom. The van der Waals surface area contributed by atoms with Crippen molar-refractivity contribution in [3.63, 3.8) is 0 Å². The average molecular weight is 232 g/mol. The molecule has 3 nitrogen and oxygen atoms in total. The highest BCUT2D eigenvalue weighted by Crippen LogP contribution is 2.23. The van der Waals surface area contributed by atoms with E-state index >= 15 is 0 Å². The molecule has 1 saturated heterocycles. The number of rotatable bonds is 1. The van der Waals surface area contributed by atoms with Gasteiger partial charge in [-0.3, -0.25) is 4.79 Å². The molecule has 92 valence electrons. The summed E-state index contributed by atoms with van der Waals surface area (Å²) in [6.07, 6.45) is 0. The van der Waals surface area contributed by atoms with Gasteiger partial charge in [0.1, 0.15) is 0 Å². The molecule has 0 unspecified atom stereocenters. The Morgan fingerprint density at radius 1 is 1.35 bits per heavy atom. The smallest absolute Gasteiger partial charge is 0.253 e. The first-order chi connectivity index (χ1) is 7.88. The van der Waals surface area contributed by atoms with Gasteiger partial charge in [0.25, 0.3) is 5.91 Å². The highest BCUT2D eigenvalue weighted by Gasteiger charge is 2.28. The predicted octanol–water partition coefficient (Wildman–Crippen LogP) is 1.77. The normalized spacial score (nSPS) is 16.8. The van der Waals surface area contributed by atoms with E-state index in [4.69, 9.17) is 5.73 Å². The van der Waals surface area contributed by atoms with E-state index in [9.17, 15) is 4.79 Å². The van der Waals surface area contributed by atoms with Gasteiger partial charge in [-0.2, -0.15) is 0 Å². The fourth-order valence-corrected chi connectivity index (χ4v) is 1.98. The molecule has 1 aliphatic heterocycles. The third kappa shape index (κ3) is 2.50. The number of carbonyl (C=O) groups is 1. The van der Waals surface area contributed by atoms with Gasteiger partial charge in [-0.1, -0.05) is 32.9 Å². The zero-order chi connectivity index (χ0) is 12.6. The first-order valence-electron chi connectivity index (χ1n) is 6.03. The quantitative estimate of drug-likeness (QED) is 0.802. The second kappa shape index (κ2) is 4.15. The third-order valence-electron chi connectivity index (χ3n) is 3.17. The molecule has 0 aromatic heterocycles. The largest absolute Gasteiger partial charge is 0.335 e. The van der Waals surface area contributed by atoms with Crippen LogP contribution in [0.15, 0.2) is 24.3 Å². The van der Waals surface area contributed by atoms with Crippen molar-refractivity contribution in [2.75, 3.05) is 13.1 Å². The van der Waals surface area contributed by atoms with Gasteiger partial charge < -0.3 is 10.6 Å². The van der Waals surface area contributed by atoms with Crippen LogP contribution in [0.2, 0.25) is 0 Å². The van der Waals surface area contributed by atoms with Crippen LogP contribution in [0.1, 0.15) is 36.7 Å². The van der Waals surface area contributed by atoms with E-state index in [0.29, 0.717) is 13.1 Å².